The van der Waals surface area contributed by atoms with Crippen molar-refractivity contribution in [2.75, 3.05) is 51.3 Å². The molecule has 1 saturated heterocycles. The number of hydrogen-bond acceptors (Lipinski definition) is 7. The molecule has 8 nitrogen and oxygen atoms in total. The lowest BCUT2D eigenvalue weighted by atomic mass is 9.94. The average Bonchev–Trinajstić information content (AvgIpc) is 3.37. The number of hydrogen-bond donors (Lipinski definition) is 0. The van der Waals surface area contributed by atoms with Gasteiger partial charge in [-0.25, -0.2) is 13.4 Å². The summed E-state index contributed by atoms with van der Waals surface area (Å²) >= 11 is 7.80. The first kappa shape index (κ1) is 32.6. The van der Waals surface area contributed by atoms with Gasteiger partial charge in [0.1, 0.15) is 11.3 Å². The molecule has 0 saturated carbocycles. The number of fused-ring (bicyclic) bond motifs is 1. The number of aromatic nitrogens is 1. The molecular weight excluding hydrogens is 591 g/mol. The molecule has 1 aliphatic rings. The van der Waals surface area contributed by atoms with E-state index in [4.69, 9.17) is 21.3 Å². The Kier molecular flexibility index (Phi) is 11.2. The highest BCUT2D eigenvalue weighted by molar-refractivity contribution is 7.89. The van der Waals surface area contributed by atoms with Crippen molar-refractivity contribution in [2.24, 2.45) is 11.8 Å². The Morgan fingerprint density at radius 2 is 1.70 bits per heavy atom. The van der Waals surface area contributed by atoms with Crippen LogP contribution >= 0.6 is 35.3 Å². The first-order valence-electron chi connectivity index (χ1n) is 13.4. The maximum atomic E-state index is 13.8. The molecule has 0 radical (unpaired) electrons. The van der Waals surface area contributed by atoms with Crippen LogP contribution in [0.1, 0.15) is 44.5 Å². The molecule has 0 bridgehead atoms. The zero-order chi connectivity index (χ0) is 28.3. The Hall–Kier alpha value is -1.95. The predicted octanol–water partition coefficient (Wildman–Crippen LogP) is 6.04. The smallest absolute Gasteiger partial charge is 0.260 e. The van der Waals surface area contributed by atoms with Crippen molar-refractivity contribution in [3.05, 3.63) is 47.0 Å². The van der Waals surface area contributed by atoms with Crippen LogP contribution in [0.15, 0.2) is 41.3 Å². The molecule has 2 atom stereocenters. The summed E-state index contributed by atoms with van der Waals surface area (Å²) in [5, 5.41) is 1.06. The molecule has 1 aliphatic heterocycles. The van der Waals surface area contributed by atoms with Gasteiger partial charge < -0.3 is 9.64 Å². The molecule has 0 N–H and O–H groups in total. The third kappa shape index (κ3) is 6.91. The van der Waals surface area contributed by atoms with Gasteiger partial charge in [-0.05, 0) is 67.7 Å². The van der Waals surface area contributed by atoms with E-state index in [1.165, 1.54) is 23.5 Å². The Morgan fingerprint density at radius 1 is 1.07 bits per heavy atom. The van der Waals surface area contributed by atoms with Crippen molar-refractivity contribution in [1.29, 1.82) is 0 Å². The molecule has 2 unspecified atom stereocenters. The van der Waals surface area contributed by atoms with E-state index < -0.39 is 10.0 Å². The predicted molar refractivity (Wildman–Crippen MR) is 166 cm³/mol. The molecule has 12 heteroatoms. The number of methoxy groups -OCH3 is 1. The number of ether oxygens (including phenoxy) is 1. The van der Waals surface area contributed by atoms with Crippen molar-refractivity contribution in [2.45, 2.75) is 39.0 Å². The molecule has 2 aromatic carbocycles. The average molecular weight is 630 g/mol. The fourth-order valence-electron chi connectivity index (χ4n) is 5.16. The van der Waals surface area contributed by atoms with Gasteiger partial charge in [0.05, 0.1) is 21.7 Å². The van der Waals surface area contributed by atoms with Gasteiger partial charge in [-0.15, -0.1) is 12.4 Å². The first-order chi connectivity index (χ1) is 18.6. The Balaban J connectivity index is 0.00000441. The molecule has 1 fully saturated rings. The van der Waals surface area contributed by atoms with E-state index in [0.29, 0.717) is 65.0 Å². The third-order valence-corrected chi connectivity index (χ3v) is 10.6. The molecule has 220 valence electrons. The monoisotopic (exact) mass is 628 g/mol. The fraction of sp³-hybridized carbons (Fsp3) is 0.500. The van der Waals surface area contributed by atoms with Crippen molar-refractivity contribution in [1.82, 2.24) is 14.2 Å². The first-order valence-corrected chi connectivity index (χ1v) is 16.0. The van der Waals surface area contributed by atoms with Crippen LogP contribution in [0.3, 0.4) is 0 Å². The summed E-state index contributed by atoms with van der Waals surface area (Å²) in [7, 11) is -2.06. The van der Waals surface area contributed by atoms with Crippen LogP contribution in [0, 0.1) is 11.8 Å². The second-order valence-corrected chi connectivity index (χ2v) is 13.5. The summed E-state index contributed by atoms with van der Waals surface area (Å²) in [6.07, 6.45) is 1.02. The van der Waals surface area contributed by atoms with Crippen LogP contribution in [0.5, 0.6) is 5.75 Å². The van der Waals surface area contributed by atoms with Gasteiger partial charge in [-0.2, -0.15) is 4.31 Å². The summed E-state index contributed by atoms with van der Waals surface area (Å²) in [4.78, 5) is 22.7. The topological polar surface area (TPSA) is 83.1 Å². The second-order valence-electron chi connectivity index (χ2n) is 10.2. The molecule has 2 heterocycles. The maximum absolute atomic E-state index is 13.8. The Morgan fingerprint density at radius 3 is 2.27 bits per heavy atom. The van der Waals surface area contributed by atoms with Gasteiger partial charge in [0, 0.05) is 31.7 Å². The van der Waals surface area contributed by atoms with Gasteiger partial charge in [0.25, 0.3) is 5.91 Å². The van der Waals surface area contributed by atoms with Gasteiger partial charge in [-0.3, -0.25) is 9.69 Å². The van der Waals surface area contributed by atoms with Crippen LogP contribution in [-0.4, -0.2) is 74.9 Å². The summed E-state index contributed by atoms with van der Waals surface area (Å²) < 4.78 is 34.5. The largest absolute Gasteiger partial charge is 0.494 e. The highest BCUT2D eigenvalue weighted by Gasteiger charge is 2.32. The molecule has 3 aromatic rings. The summed E-state index contributed by atoms with van der Waals surface area (Å²) in [5.41, 5.74) is 1.00. The van der Waals surface area contributed by atoms with E-state index in [-0.39, 0.29) is 23.2 Å². The molecule has 0 spiro atoms. The van der Waals surface area contributed by atoms with Crippen molar-refractivity contribution in [3.8, 4) is 5.75 Å². The Labute approximate surface area is 252 Å². The molecule has 1 amide bonds. The van der Waals surface area contributed by atoms with E-state index in [2.05, 4.69) is 32.6 Å². The number of carbonyl (C=O) groups is 1. The lowest BCUT2D eigenvalue weighted by Crippen LogP contribution is -2.42. The van der Waals surface area contributed by atoms with Gasteiger partial charge in [0.15, 0.2) is 5.13 Å². The standard InChI is InChI=1S/C28H37ClN4O4S2.ClH/c1-6-31(7-2)14-15-33(28-30-25-24(37-5)13-12-23(29)26(25)38-28)27(34)21-8-10-22(11-9-21)39(35,36)32-17-19(3)16-20(4)18-32;/h8-13,19-20H,6-7,14-18H2,1-5H3;1H. The van der Waals surface area contributed by atoms with Crippen LogP contribution in [0.2, 0.25) is 5.02 Å². The normalized spacial score (nSPS) is 18.1. The molecule has 1 aromatic heterocycles. The number of carbonyl (C=O) groups excluding carboxylic acids is 1. The van der Waals surface area contributed by atoms with E-state index in [9.17, 15) is 13.2 Å². The quantitative estimate of drug-likeness (QED) is 0.272. The highest BCUT2D eigenvalue weighted by Crippen LogP contribution is 2.39. The minimum Gasteiger partial charge on any atom is -0.494 e. The van der Waals surface area contributed by atoms with Crippen LogP contribution in [0.4, 0.5) is 5.13 Å². The third-order valence-electron chi connectivity index (χ3n) is 7.25. The SMILES string of the molecule is CCN(CC)CCN(C(=O)c1ccc(S(=O)(=O)N2CC(C)CC(C)C2)cc1)c1nc2c(OC)ccc(Cl)c2s1.Cl. The molecular formula is C28H38Cl2N4O4S2. The number of nitrogens with zero attached hydrogens (tertiary/aromatic N) is 4. The highest BCUT2D eigenvalue weighted by atomic mass is 35.5. The summed E-state index contributed by atoms with van der Waals surface area (Å²) in [5.74, 6) is 0.957. The van der Waals surface area contributed by atoms with E-state index in [0.717, 1.165) is 24.2 Å². The lowest BCUT2D eigenvalue weighted by Gasteiger charge is -2.34. The van der Waals surface area contributed by atoms with Crippen LogP contribution in [0.25, 0.3) is 10.2 Å². The fourth-order valence-corrected chi connectivity index (χ4v) is 8.12. The Bertz CT molecular complexity index is 1400. The number of rotatable bonds is 10. The molecule has 0 aliphatic carbocycles. The van der Waals surface area contributed by atoms with E-state index in [1.54, 1.807) is 40.6 Å². The van der Waals surface area contributed by atoms with Crippen molar-refractivity contribution >= 4 is 66.6 Å². The van der Waals surface area contributed by atoms with Gasteiger partial charge in [-0.1, -0.05) is 50.6 Å². The van der Waals surface area contributed by atoms with Gasteiger partial charge in [0.2, 0.25) is 10.0 Å². The zero-order valence-corrected chi connectivity index (χ0v) is 26.8. The van der Waals surface area contributed by atoms with Gasteiger partial charge >= 0.3 is 0 Å². The van der Waals surface area contributed by atoms with Crippen LogP contribution < -0.4 is 9.64 Å². The second kappa shape index (κ2) is 13.8. The minimum atomic E-state index is -3.64. The van der Waals surface area contributed by atoms with Crippen molar-refractivity contribution < 1.29 is 17.9 Å². The zero-order valence-electron chi connectivity index (χ0n) is 23.6. The maximum Gasteiger partial charge on any atom is 0.260 e. The number of likely N-dealkylation sites (N-methyl/N-ethyl adjacent to an activating group) is 1. The number of sulfonamides is 1. The lowest BCUT2D eigenvalue weighted by molar-refractivity contribution is 0.0983. The summed E-state index contributed by atoms with van der Waals surface area (Å²) in [6, 6.07) is 9.78. The minimum absolute atomic E-state index is 0. The number of benzene rings is 2. The van der Waals surface area contributed by atoms with Crippen molar-refractivity contribution in [3.63, 3.8) is 0 Å². The van der Waals surface area contributed by atoms with Crippen LogP contribution in [-0.2, 0) is 10.0 Å². The molecule has 4 rings (SSSR count). The number of amides is 1. The number of piperidine rings is 1. The summed E-state index contributed by atoms with van der Waals surface area (Å²) in [6.45, 7) is 12.2. The van der Waals surface area contributed by atoms with E-state index >= 15 is 0 Å². The number of halogens is 2. The number of thiazole rings is 1. The molecule has 40 heavy (non-hydrogen) atoms. The van der Waals surface area contributed by atoms with E-state index in [1.807, 2.05) is 0 Å². The number of anilines is 1.